The number of hydrogen-bond acceptors (Lipinski definition) is 6. The van der Waals surface area contributed by atoms with Gasteiger partial charge in [-0.25, -0.2) is 9.97 Å². The van der Waals surface area contributed by atoms with E-state index >= 15 is 0 Å². The molecule has 4 aromatic rings. The van der Waals surface area contributed by atoms with E-state index in [1.54, 1.807) is 25.6 Å². The van der Waals surface area contributed by atoms with E-state index < -0.39 is 5.41 Å². The van der Waals surface area contributed by atoms with Crippen LogP contribution in [0.5, 0.6) is 17.2 Å². The number of halogens is 1. The lowest BCUT2D eigenvalue weighted by Crippen LogP contribution is -2.27. The van der Waals surface area contributed by atoms with Crippen molar-refractivity contribution in [2.45, 2.75) is 57.6 Å². The van der Waals surface area contributed by atoms with Crippen LogP contribution in [-0.4, -0.2) is 39.3 Å². The monoisotopic (exact) mass is 521 g/mol. The Morgan fingerprint density at radius 1 is 1.11 bits per heavy atom. The molecule has 2 aromatic carbocycles. The van der Waals surface area contributed by atoms with Gasteiger partial charge in [0.2, 0.25) is 0 Å². The molecule has 194 valence electrons. The number of aromatic amines is 1. The fourth-order valence-corrected chi connectivity index (χ4v) is 4.70. The van der Waals surface area contributed by atoms with Gasteiger partial charge in [-0.2, -0.15) is 0 Å². The number of methoxy groups -OCH3 is 1. The van der Waals surface area contributed by atoms with Crippen molar-refractivity contribution in [3.05, 3.63) is 70.7 Å². The molecule has 0 amide bonds. The van der Waals surface area contributed by atoms with E-state index in [1.165, 1.54) is 12.8 Å². The number of hydrogen-bond donors (Lipinski definition) is 2. The molecule has 0 unspecified atom stereocenters. The molecular weight excluding hydrogens is 490 g/mol. The van der Waals surface area contributed by atoms with Gasteiger partial charge < -0.3 is 23.8 Å². The zero-order valence-corrected chi connectivity index (χ0v) is 22.1. The Hall–Kier alpha value is -3.52. The van der Waals surface area contributed by atoms with Gasteiger partial charge >= 0.3 is 0 Å². The second-order valence-corrected chi connectivity index (χ2v) is 10.6. The molecular formula is C28H32ClN5O3. The predicted octanol–water partition coefficient (Wildman–Crippen LogP) is 5.63. The highest BCUT2D eigenvalue weighted by molar-refractivity contribution is 6.30. The average molecular weight is 522 g/mol. The summed E-state index contributed by atoms with van der Waals surface area (Å²) in [5.74, 6) is 2.96. The number of aromatic nitrogens is 4. The smallest absolute Gasteiger partial charge is 0.173 e. The molecule has 0 spiro atoms. The first-order valence-electron chi connectivity index (χ1n) is 12.5. The maximum absolute atomic E-state index is 8.35. The minimum absolute atomic E-state index is 0.152. The topological polar surface area (TPSA) is 98.0 Å². The summed E-state index contributed by atoms with van der Waals surface area (Å²) in [5, 5.41) is 9.02. The third-order valence-electron chi connectivity index (χ3n) is 6.75. The first-order chi connectivity index (χ1) is 17.8. The van der Waals surface area contributed by atoms with Crippen LogP contribution in [0.15, 0.2) is 48.8 Å². The largest absolute Gasteiger partial charge is 0.493 e. The highest BCUT2D eigenvalue weighted by atomic mass is 35.5. The summed E-state index contributed by atoms with van der Waals surface area (Å²) in [6.45, 7) is 5.03. The standard InChI is InChI=1S/C28H32ClN5O3/c1-28(2,16-36-20-11-9-19(29)10-12-20)27-32-24-25(30)31-17-34(26(24)33-27)15-18-8-13-22(35-3)23(14-18)37-21-6-4-5-7-21/h8-14,17,21,30H,4-7,15-16H2,1-3H3,(H,32,33). The van der Waals surface area contributed by atoms with E-state index in [4.69, 9.17) is 36.2 Å². The Balaban J connectivity index is 1.40. The lowest BCUT2D eigenvalue weighted by molar-refractivity contribution is 0.200. The minimum Gasteiger partial charge on any atom is -0.493 e. The molecule has 0 atom stereocenters. The van der Waals surface area contributed by atoms with Crippen LogP contribution in [0.25, 0.3) is 11.2 Å². The van der Waals surface area contributed by atoms with Crippen LogP contribution in [0.3, 0.4) is 0 Å². The van der Waals surface area contributed by atoms with Crippen LogP contribution in [0, 0.1) is 5.41 Å². The lowest BCUT2D eigenvalue weighted by Gasteiger charge is -2.22. The van der Waals surface area contributed by atoms with Crippen LogP contribution in [0.4, 0.5) is 0 Å². The van der Waals surface area contributed by atoms with Crippen molar-refractivity contribution in [3.8, 4) is 17.2 Å². The molecule has 0 radical (unpaired) electrons. The Labute approximate surface area is 221 Å². The molecule has 2 N–H and O–H groups in total. The van der Waals surface area contributed by atoms with Gasteiger partial charge in [0.1, 0.15) is 23.7 Å². The number of H-pyrrole nitrogens is 1. The third-order valence-corrected chi connectivity index (χ3v) is 7.00. The number of fused-ring (bicyclic) bond motifs is 1. The van der Waals surface area contributed by atoms with Crippen molar-refractivity contribution in [2.75, 3.05) is 13.7 Å². The van der Waals surface area contributed by atoms with Gasteiger partial charge in [-0.1, -0.05) is 17.7 Å². The van der Waals surface area contributed by atoms with Crippen molar-refractivity contribution in [1.82, 2.24) is 19.5 Å². The molecule has 1 aliphatic rings. The highest BCUT2D eigenvalue weighted by Crippen LogP contribution is 2.33. The van der Waals surface area contributed by atoms with E-state index in [0.717, 1.165) is 41.5 Å². The van der Waals surface area contributed by atoms with Gasteiger partial charge in [-0.3, -0.25) is 5.41 Å². The molecule has 8 nitrogen and oxygen atoms in total. The highest BCUT2D eigenvalue weighted by Gasteiger charge is 2.27. The molecule has 0 bridgehead atoms. The fraction of sp³-hybridized carbons (Fsp3) is 0.393. The molecule has 2 heterocycles. The van der Waals surface area contributed by atoms with Gasteiger partial charge in [0, 0.05) is 5.02 Å². The Morgan fingerprint density at radius 3 is 2.59 bits per heavy atom. The van der Waals surface area contributed by atoms with E-state index in [0.29, 0.717) is 29.3 Å². The average Bonchev–Trinajstić information content (AvgIpc) is 3.57. The number of rotatable bonds is 9. The van der Waals surface area contributed by atoms with Gasteiger partial charge in [-0.15, -0.1) is 0 Å². The second kappa shape index (κ2) is 10.5. The molecule has 0 aliphatic heterocycles. The van der Waals surface area contributed by atoms with Crippen molar-refractivity contribution in [1.29, 1.82) is 5.41 Å². The maximum atomic E-state index is 8.35. The SMILES string of the molecule is COc1ccc(Cn2cnc(=N)c3[nH]c(C(C)(C)COc4ccc(Cl)cc4)nc32)cc1OC1CCCC1. The van der Waals surface area contributed by atoms with Crippen LogP contribution in [0.1, 0.15) is 50.9 Å². The van der Waals surface area contributed by atoms with Crippen LogP contribution >= 0.6 is 11.6 Å². The van der Waals surface area contributed by atoms with Crippen LogP contribution < -0.4 is 19.7 Å². The molecule has 37 heavy (non-hydrogen) atoms. The molecule has 9 heteroatoms. The Bertz CT molecular complexity index is 1440. The number of nitrogens with zero attached hydrogens (tertiary/aromatic N) is 3. The molecule has 0 saturated heterocycles. The second-order valence-electron chi connectivity index (χ2n) is 10.1. The number of nitrogens with one attached hydrogen (secondary N) is 2. The van der Waals surface area contributed by atoms with Crippen LogP contribution in [0.2, 0.25) is 5.02 Å². The van der Waals surface area contributed by atoms with Gasteiger partial charge in [0.15, 0.2) is 22.6 Å². The summed E-state index contributed by atoms with van der Waals surface area (Å²) >= 11 is 5.98. The van der Waals surface area contributed by atoms with E-state index in [9.17, 15) is 0 Å². The zero-order chi connectivity index (χ0) is 26.0. The molecule has 2 aromatic heterocycles. The number of ether oxygens (including phenoxy) is 3. The van der Waals surface area contributed by atoms with E-state index in [2.05, 4.69) is 23.8 Å². The third kappa shape index (κ3) is 5.59. The first-order valence-corrected chi connectivity index (χ1v) is 12.9. The summed E-state index contributed by atoms with van der Waals surface area (Å²) in [6, 6.07) is 13.3. The maximum Gasteiger partial charge on any atom is 0.173 e. The van der Waals surface area contributed by atoms with Crippen molar-refractivity contribution >= 4 is 22.8 Å². The van der Waals surface area contributed by atoms with Gasteiger partial charge in [0.05, 0.1) is 31.5 Å². The quantitative estimate of drug-likeness (QED) is 0.297. The minimum atomic E-state index is -0.439. The van der Waals surface area contributed by atoms with Crippen LogP contribution in [-0.2, 0) is 12.0 Å². The van der Waals surface area contributed by atoms with Crippen molar-refractivity contribution < 1.29 is 14.2 Å². The summed E-state index contributed by atoms with van der Waals surface area (Å²) in [7, 11) is 1.66. The van der Waals surface area contributed by atoms with Gasteiger partial charge in [-0.05, 0) is 81.5 Å². The summed E-state index contributed by atoms with van der Waals surface area (Å²) in [6.07, 6.45) is 6.45. The first kappa shape index (κ1) is 25.1. The summed E-state index contributed by atoms with van der Waals surface area (Å²) in [5.41, 5.74) is 2.01. The number of benzene rings is 2. The van der Waals surface area contributed by atoms with E-state index in [-0.39, 0.29) is 11.6 Å². The normalized spacial score (nSPS) is 14.3. The van der Waals surface area contributed by atoms with E-state index in [1.807, 2.05) is 34.9 Å². The fourth-order valence-electron chi connectivity index (χ4n) is 4.58. The zero-order valence-electron chi connectivity index (χ0n) is 21.4. The predicted molar refractivity (Wildman–Crippen MR) is 143 cm³/mol. The molecule has 1 saturated carbocycles. The Kier molecular flexibility index (Phi) is 7.11. The Morgan fingerprint density at radius 2 is 1.86 bits per heavy atom. The molecule has 1 fully saturated rings. The molecule has 5 rings (SSSR count). The number of imidazole rings is 1. The molecule has 1 aliphatic carbocycles. The lowest BCUT2D eigenvalue weighted by atomic mass is 9.94. The summed E-state index contributed by atoms with van der Waals surface area (Å²) < 4.78 is 19.8. The van der Waals surface area contributed by atoms with Crippen molar-refractivity contribution in [2.24, 2.45) is 0 Å². The summed E-state index contributed by atoms with van der Waals surface area (Å²) in [4.78, 5) is 12.5. The van der Waals surface area contributed by atoms with Crippen molar-refractivity contribution in [3.63, 3.8) is 0 Å². The van der Waals surface area contributed by atoms with Gasteiger partial charge in [0.25, 0.3) is 0 Å².